The van der Waals surface area contributed by atoms with Crippen molar-refractivity contribution < 1.29 is 0 Å². The molecule has 1 aliphatic heterocycles. The average Bonchev–Trinajstić information content (AvgIpc) is 2.77. The lowest BCUT2D eigenvalue weighted by molar-refractivity contribution is 0.249. The van der Waals surface area contributed by atoms with Crippen LogP contribution < -0.4 is 5.73 Å². The molecule has 0 amide bonds. The zero-order valence-electron chi connectivity index (χ0n) is 11.6. The number of hydrogen-bond donors (Lipinski definition) is 1. The van der Waals surface area contributed by atoms with Crippen molar-refractivity contribution in [3.8, 4) is 0 Å². The number of likely N-dealkylation sites (N-methyl/N-ethyl adjacent to an activating group) is 1. The minimum absolute atomic E-state index is 0.316. The third-order valence-electron chi connectivity index (χ3n) is 3.66. The van der Waals surface area contributed by atoms with Gasteiger partial charge in [0.05, 0.1) is 10.7 Å². The largest absolute Gasteiger partial charge is 0.328 e. The smallest absolute Gasteiger partial charge is 0.0928 e. The van der Waals surface area contributed by atoms with E-state index in [0.717, 1.165) is 19.3 Å². The van der Waals surface area contributed by atoms with Gasteiger partial charge in [0.25, 0.3) is 0 Å². The molecule has 102 valence electrons. The molecule has 0 aliphatic carbocycles. The fraction of sp³-hybridized carbons (Fsp3) is 0.786. The first-order valence-corrected chi connectivity index (χ1v) is 7.91. The van der Waals surface area contributed by atoms with Crippen LogP contribution in [0.4, 0.5) is 0 Å². The van der Waals surface area contributed by atoms with E-state index >= 15 is 0 Å². The molecule has 18 heavy (non-hydrogen) atoms. The Morgan fingerprint density at radius 1 is 1.61 bits per heavy atom. The molecule has 2 atom stereocenters. The van der Waals surface area contributed by atoms with Gasteiger partial charge in [-0.1, -0.05) is 0 Å². The Balaban J connectivity index is 1.85. The predicted octanol–water partition coefficient (Wildman–Crippen LogP) is 2.62. The lowest BCUT2D eigenvalue weighted by Crippen LogP contribution is -2.30. The topological polar surface area (TPSA) is 42.1 Å². The Morgan fingerprint density at radius 3 is 3.17 bits per heavy atom. The highest BCUT2D eigenvalue weighted by atomic mass is 32.1. The molecule has 0 saturated carbocycles. The zero-order valence-corrected chi connectivity index (χ0v) is 12.4. The van der Waals surface area contributed by atoms with Crippen LogP contribution in [0.25, 0.3) is 0 Å². The highest BCUT2D eigenvalue weighted by molar-refractivity contribution is 7.09. The van der Waals surface area contributed by atoms with E-state index in [2.05, 4.69) is 24.3 Å². The summed E-state index contributed by atoms with van der Waals surface area (Å²) in [5.74, 6) is 0.655. The summed E-state index contributed by atoms with van der Waals surface area (Å²) in [5.41, 5.74) is 7.09. The molecule has 1 aromatic heterocycles. The highest BCUT2D eigenvalue weighted by Crippen LogP contribution is 2.27. The third kappa shape index (κ3) is 4.04. The van der Waals surface area contributed by atoms with E-state index in [1.54, 1.807) is 0 Å². The Labute approximate surface area is 114 Å². The van der Waals surface area contributed by atoms with Gasteiger partial charge in [-0.3, -0.25) is 0 Å². The number of nitrogens with two attached hydrogens (primary N) is 1. The van der Waals surface area contributed by atoms with Crippen LogP contribution in [0.5, 0.6) is 0 Å². The fourth-order valence-electron chi connectivity index (χ4n) is 2.61. The van der Waals surface area contributed by atoms with Crippen molar-refractivity contribution in [1.82, 2.24) is 9.88 Å². The quantitative estimate of drug-likeness (QED) is 0.891. The van der Waals surface area contributed by atoms with Gasteiger partial charge in [0.1, 0.15) is 0 Å². The van der Waals surface area contributed by atoms with Crippen LogP contribution in [0.15, 0.2) is 5.38 Å². The minimum atomic E-state index is 0.316. The molecule has 2 rings (SSSR count). The monoisotopic (exact) mass is 267 g/mol. The normalized spacial score (nSPS) is 23.2. The number of piperidine rings is 1. The maximum absolute atomic E-state index is 5.77. The van der Waals surface area contributed by atoms with Gasteiger partial charge < -0.3 is 10.6 Å². The first-order chi connectivity index (χ1) is 8.65. The zero-order chi connectivity index (χ0) is 13.0. The first kappa shape index (κ1) is 14.0. The van der Waals surface area contributed by atoms with Gasteiger partial charge in [-0.25, -0.2) is 4.98 Å². The molecule has 1 aromatic rings. The number of hydrogen-bond acceptors (Lipinski definition) is 4. The molecule has 2 unspecified atom stereocenters. The van der Waals surface area contributed by atoms with E-state index in [0.29, 0.717) is 12.0 Å². The van der Waals surface area contributed by atoms with Crippen molar-refractivity contribution in [2.45, 2.75) is 51.0 Å². The van der Waals surface area contributed by atoms with Crippen molar-refractivity contribution >= 4 is 11.3 Å². The van der Waals surface area contributed by atoms with E-state index in [4.69, 9.17) is 10.7 Å². The lowest BCUT2D eigenvalue weighted by atomic mass is 9.96. The van der Waals surface area contributed by atoms with Crippen molar-refractivity contribution in [2.75, 3.05) is 20.1 Å². The van der Waals surface area contributed by atoms with Gasteiger partial charge >= 0.3 is 0 Å². The summed E-state index contributed by atoms with van der Waals surface area (Å²) in [6.07, 6.45) is 5.96. The van der Waals surface area contributed by atoms with Gasteiger partial charge in [-0.15, -0.1) is 11.3 Å². The van der Waals surface area contributed by atoms with Gasteiger partial charge in [0.2, 0.25) is 0 Å². The summed E-state index contributed by atoms with van der Waals surface area (Å²) in [4.78, 5) is 7.24. The first-order valence-electron chi connectivity index (χ1n) is 7.03. The molecule has 0 spiro atoms. The molecule has 1 aliphatic rings. The van der Waals surface area contributed by atoms with Crippen LogP contribution in [0.3, 0.4) is 0 Å². The van der Waals surface area contributed by atoms with E-state index < -0.39 is 0 Å². The van der Waals surface area contributed by atoms with Crippen molar-refractivity contribution in [3.05, 3.63) is 16.1 Å². The Kier molecular flexibility index (Phi) is 5.15. The SMILES string of the molecule is CC(N)CCCc1nc(C2CCCN(C)C2)cs1. The van der Waals surface area contributed by atoms with Crippen LogP contribution in [0.1, 0.15) is 49.2 Å². The Hall–Kier alpha value is -0.450. The maximum Gasteiger partial charge on any atom is 0.0928 e. The number of rotatable bonds is 5. The molecule has 1 saturated heterocycles. The summed E-state index contributed by atoms with van der Waals surface area (Å²) in [7, 11) is 2.21. The van der Waals surface area contributed by atoms with E-state index in [9.17, 15) is 0 Å². The molecule has 0 aromatic carbocycles. The van der Waals surface area contributed by atoms with E-state index in [-0.39, 0.29) is 0 Å². The van der Waals surface area contributed by atoms with Crippen LogP contribution in [0, 0.1) is 0 Å². The molecular formula is C14H25N3S. The fourth-order valence-corrected chi connectivity index (χ4v) is 3.53. The van der Waals surface area contributed by atoms with Crippen LogP contribution in [-0.4, -0.2) is 36.1 Å². The summed E-state index contributed by atoms with van der Waals surface area (Å²) in [5, 5.41) is 3.56. The van der Waals surface area contributed by atoms with Gasteiger partial charge in [0.15, 0.2) is 0 Å². The Bertz CT molecular complexity index is 362. The standard InChI is InChI=1S/C14H25N3S/c1-11(15)5-3-7-14-16-13(10-18-14)12-6-4-8-17(2)9-12/h10-12H,3-9,15H2,1-2H3. The maximum atomic E-state index is 5.77. The highest BCUT2D eigenvalue weighted by Gasteiger charge is 2.20. The van der Waals surface area contributed by atoms with Crippen LogP contribution >= 0.6 is 11.3 Å². The second-order valence-electron chi connectivity index (χ2n) is 5.64. The number of likely N-dealkylation sites (tertiary alicyclic amines) is 1. The Morgan fingerprint density at radius 2 is 2.44 bits per heavy atom. The van der Waals surface area contributed by atoms with E-state index in [1.807, 2.05) is 11.3 Å². The van der Waals surface area contributed by atoms with Gasteiger partial charge in [0, 0.05) is 23.9 Å². The van der Waals surface area contributed by atoms with Gasteiger partial charge in [-0.05, 0) is 52.6 Å². The average molecular weight is 267 g/mol. The summed E-state index contributed by atoms with van der Waals surface area (Å²) in [6, 6.07) is 0.316. The van der Waals surface area contributed by atoms with Gasteiger partial charge in [-0.2, -0.15) is 0 Å². The van der Waals surface area contributed by atoms with Crippen molar-refractivity contribution in [3.63, 3.8) is 0 Å². The van der Waals surface area contributed by atoms with Crippen LogP contribution in [-0.2, 0) is 6.42 Å². The van der Waals surface area contributed by atoms with Crippen LogP contribution in [0.2, 0.25) is 0 Å². The molecular weight excluding hydrogens is 242 g/mol. The second-order valence-corrected chi connectivity index (χ2v) is 6.58. The molecule has 4 heteroatoms. The molecule has 2 heterocycles. The molecule has 2 N–H and O–H groups in total. The molecule has 0 radical (unpaired) electrons. The van der Waals surface area contributed by atoms with E-state index in [1.165, 1.54) is 36.6 Å². The molecule has 3 nitrogen and oxygen atoms in total. The summed E-state index contributed by atoms with van der Waals surface area (Å²) < 4.78 is 0. The number of aryl methyl sites for hydroxylation is 1. The second kappa shape index (κ2) is 6.64. The number of nitrogens with zero attached hydrogens (tertiary/aromatic N) is 2. The summed E-state index contributed by atoms with van der Waals surface area (Å²) >= 11 is 1.83. The molecule has 1 fully saturated rings. The van der Waals surface area contributed by atoms with Crippen molar-refractivity contribution in [1.29, 1.82) is 0 Å². The third-order valence-corrected chi connectivity index (χ3v) is 4.59. The van der Waals surface area contributed by atoms with Crippen molar-refractivity contribution in [2.24, 2.45) is 5.73 Å². The minimum Gasteiger partial charge on any atom is -0.328 e. The number of thiazole rings is 1. The summed E-state index contributed by atoms with van der Waals surface area (Å²) in [6.45, 7) is 4.48. The number of aromatic nitrogens is 1. The molecule has 0 bridgehead atoms. The predicted molar refractivity (Wildman–Crippen MR) is 78.2 cm³/mol. The lowest BCUT2D eigenvalue weighted by Gasteiger charge is -2.28.